The molecule has 1 heterocycles. The van der Waals surface area contributed by atoms with E-state index in [-0.39, 0.29) is 0 Å². The lowest BCUT2D eigenvalue weighted by Gasteiger charge is -2.21. The van der Waals surface area contributed by atoms with Gasteiger partial charge in [-0.1, -0.05) is 19.9 Å². The summed E-state index contributed by atoms with van der Waals surface area (Å²) in [5.41, 5.74) is 6.96. The fraction of sp³-hybridized carbons (Fsp3) is 0.583. The molecular formula is C12H21N3. The van der Waals surface area contributed by atoms with Crippen LogP contribution in [-0.4, -0.2) is 23.0 Å². The number of hydrogen-bond donors (Lipinski definition) is 1. The number of nitrogens with two attached hydrogens (primary N) is 1. The van der Waals surface area contributed by atoms with Gasteiger partial charge in [-0.15, -0.1) is 0 Å². The van der Waals surface area contributed by atoms with E-state index in [1.165, 1.54) is 12.8 Å². The number of aromatic nitrogens is 1. The molecule has 0 atom stereocenters. The van der Waals surface area contributed by atoms with Crippen LogP contribution in [0.1, 0.15) is 32.3 Å². The van der Waals surface area contributed by atoms with Crippen LogP contribution < -0.4 is 5.73 Å². The molecule has 0 spiro atoms. The van der Waals surface area contributed by atoms with Crippen LogP contribution in [-0.2, 0) is 6.54 Å². The van der Waals surface area contributed by atoms with E-state index < -0.39 is 0 Å². The Morgan fingerprint density at radius 1 is 1.27 bits per heavy atom. The summed E-state index contributed by atoms with van der Waals surface area (Å²) in [4.78, 5) is 6.53. The van der Waals surface area contributed by atoms with Gasteiger partial charge in [-0.3, -0.25) is 4.90 Å². The van der Waals surface area contributed by atoms with Crippen LogP contribution in [0.3, 0.4) is 0 Å². The molecule has 0 aliphatic heterocycles. The number of hydrogen-bond acceptors (Lipinski definition) is 3. The average Bonchev–Trinajstić information content (AvgIpc) is 2.22. The zero-order chi connectivity index (χ0) is 11.1. The Hall–Kier alpha value is -1.09. The molecule has 0 saturated carbocycles. The van der Waals surface area contributed by atoms with Crippen molar-refractivity contribution in [3.05, 3.63) is 23.9 Å². The van der Waals surface area contributed by atoms with E-state index in [1.54, 1.807) is 6.20 Å². The average molecular weight is 207 g/mol. The molecule has 0 amide bonds. The molecule has 0 radical (unpaired) electrons. The Kier molecular flexibility index (Phi) is 5.12. The third-order valence-electron chi connectivity index (χ3n) is 2.40. The minimum Gasteiger partial charge on any atom is -0.383 e. The molecular weight excluding hydrogens is 186 g/mol. The van der Waals surface area contributed by atoms with Crippen LogP contribution in [0.4, 0.5) is 5.82 Å². The van der Waals surface area contributed by atoms with Gasteiger partial charge in [0.1, 0.15) is 5.82 Å². The zero-order valence-corrected chi connectivity index (χ0v) is 9.74. The third kappa shape index (κ3) is 3.88. The van der Waals surface area contributed by atoms with Gasteiger partial charge in [0.05, 0.1) is 0 Å². The van der Waals surface area contributed by atoms with Crippen molar-refractivity contribution in [2.75, 3.05) is 18.8 Å². The third-order valence-corrected chi connectivity index (χ3v) is 2.40. The Morgan fingerprint density at radius 2 is 1.93 bits per heavy atom. The first-order valence-electron chi connectivity index (χ1n) is 5.69. The van der Waals surface area contributed by atoms with Gasteiger partial charge in [-0.05, 0) is 32.0 Å². The van der Waals surface area contributed by atoms with E-state index in [4.69, 9.17) is 5.73 Å². The van der Waals surface area contributed by atoms with Crippen LogP contribution in [0.15, 0.2) is 18.3 Å². The van der Waals surface area contributed by atoms with Gasteiger partial charge < -0.3 is 5.73 Å². The van der Waals surface area contributed by atoms with E-state index in [1.807, 2.05) is 6.07 Å². The van der Waals surface area contributed by atoms with Crippen molar-refractivity contribution >= 4 is 5.82 Å². The van der Waals surface area contributed by atoms with Gasteiger partial charge in [0.2, 0.25) is 0 Å². The molecule has 0 fully saturated rings. The summed E-state index contributed by atoms with van der Waals surface area (Å²) in [5, 5.41) is 0. The standard InChI is InChI=1S/C12H21N3/c1-3-8-15(9-4-2)10-11-6-5-7-14-12(11)13/h5-7H,3-4,8-10H2,1-2H3,(H2,13,14). The lowest BCUT2D eigenvalue weighted by molar-refractivity contribution is 0.267. The molecule has 15 heavy (non-hydrogen) atoms. The second-order valence-corrected chi connectivity index (χ2v) is 3.82. The monoisotopic (exact) mass is 207 g/mol. The van der Waals surface area contributed by atoms with E-state index in [2.05, 4.69) is 29.8 Å². The topological polar surface area (TPSA) is 42.2 Å². The minimum absolute atomic E-state index is 0.662. The van der Waals surface area contributed by atoms with E-state index in [9.17, 15) is 0 Å². The predicted molar refractivity (Wildman–Crippen MR) is 64.5 cm³/mol. The van der Waals surface area contributed by atoms with Crippen LogP contribution in [0, 0.1) is 0 Å². The minimum atomic E-state index is 0.662. The molecule has 0 saturated heterocycles. The molecule has 84 valence electrons. The first kappa shape index (κ1) is 12.0. The largest absolute Gasteiger partial charge is 0.383 e. The molecule has 0 aliphatic carbocycles. The van der Waals surface area contributed by atoms with E-state index in [0.717, 1.165) is 25.2 Å². The molecule has 3 heteroatoms. The predicted octanol–water partition coefficient (Wildman–Crippen LogP) is 2.29. The van der Waals surface area contributed by atoms with Crippen LogP contribution >= 0.6 is 0 Å². The van der Waals surface area contributed by atoms with Crippen LogP contribution in [0.5, 0.6) is 0 Å². The highest BCUT2D eigenvalue weighted by Crippen LogP contribution is 2.11. The second-order valence-electron chi connectivity index (χ2n) is 3.82. The van der Waals surface area contributed by atoms with E-state index in [0.29, 0.717) is 5.82 Å². The van der Waals surface area contributed by atoms with Crippen LogP contribution in [0.2, 0.25) is 0 Å². The highest BCUT2D eigenvalue weighted by Gasteiger charge is 2.06. The van der Waals surface area contributed by atoms with Crippen molar-refractivity contribution in [1.29, 1.82) is 0 Å². The summed E-state index contributed by atoms with van der Waals surface area (Å²) in [5.74, 6) is 0.662. The molecule has 0 aromatic carbocycles. The summed E-state index contributed by atoms with van der Waals surface area (Å²) in [7, 11) is 0. The number of nitrogen functional groups attached to an aromatic ring is 1. The molecule has 1 aromatic heterocycles. The van der Waals surface area contributed by atoms with Gasteiger partial charge in [0, 0.05) is 18.3 Å². The molecule has 0 bridgehead atoms. The van der Waals surface area contributed by atoms with Gasteiger partial charge in [0.25, 0.3) is 0 Å². The van der Waals surface area contributed by atoms with Crippen molar-refractivity contribution < 1.29 is 0 Å². The maximum absolute atomic E-state index is 5.82. The van der Waals surface area contributed by atoms with Gasteiger partial charge in [-0.25, -0.2) is 4.98 Å². The van der Waals surface area contributed by atoms with Crippen molar-refractivity contribution in [3.63, 3.8) is 0 Å². The first-order chi connectivity index (χ1) is 7.27. The smallest absolute Gasteiger partial charge is 0.127 e. The Morgan fingerprint density at radius 3 is 2.47 bits per heavy atom. The molecule has 2 N–H and O–H groups in total. The molecule has 0 unspecified atom stereocenters. The first-order valence-corrected chi connectivity index (χ1v) is 5.69. The number of rotatable bonds is 6. The zero-order valence-electron chi connectivity index (χ0n) is 9.74. The van der Waals surface area contributed by atoms with E-state index >= 15 is 0 Å². The van der Waals surface area contributed by atoms with Crippen LogP contribution in [0.25, 0.3) is 0 Å². The van der Waals surface area contributed by atoms with Crippen molar-refractivity contribution in [3.8, 4) is 0 Å². The lowest BCUT2D eigenvalue weighted by atomic mass is 10.2. The summed E-state index contributed by atoms with van der Waals surface area (Å²) >= 11 is 0. The Balaban J connectivity index is 2.60. The maximum atomic E-state index is 5.82. The Bertz CT molecular complexity index is 280. The normalized spacial score (nSPS) is 10.9. The summed E-state index contributed by atoms with van der Waals surface area (Å²) in [6.45, 7) is 7.58. The SMILES string of the molecule is CCCN(CCC)Cc1cccnc1N. The van der Waals surface area contributed by atoms with Crippen molar-refractivity contribution in [1.82, 2.24) is 9.88 Å². The summed E-state index contributed by atoms with van der Waals surface area (Å²) < 4.78 is 0. The quantitative estimate of drug-likeness (QED) is 0.778. The summed E-state index contributed by atoms with van der Waals surface area (Å²) in [6, 6.07) is 4.00. The fourth-order valence-corrected chi connectivity index (χ4v) is 1.73. The van der Waals surface area contributed by atoms with Crippen molar-refractivity contribution in [2.45, 2.75) is 33.2 Å². The lowest BCUT2D eigenvalue weighted by Crippen LogP contribution is -2.25. The fourth-order valence-electron chi connectivity index (χ4n) is 1.73. The number of anilines is 1. The molecule has 1 rings (SSSR count). The molecule has 3 nitrogen and oxygen atoms in total. The Labute approximate surface area is 92.3 Å². The molecule has 0 aliphatic rings. The van der Waals surface area contributed by atoms with Crippen molar-refractivity contribution in [2.24, 2.45) is 0 Å². The van der Waals surface area contributed by atoms with Gasteiger partial charge in [0.15, 0.2) is 0 Å². The molecule has 1 aromatic rings. The van der Waals surface area contributed by atoms with Gasteiger partial charge >= 0.3 is 0 Å². The summed E-state index contributed by atoms with van der Waals surface area (Å²) in [6.07, 6.45) is 4.10. The van der Waals surface area contributed by atoms with Gasteiger partial charge in [-0.2, -0.15) is 0 Å². The highest BCUT2D eigenvalue weighted by atomic mass is 15.1. The number of pyridine rings is 1. The number of nitrogens with zero attached hydrogens (tertiary/aromatic N) is 2. The second kappa shape index (κ2) is 6.40. The highest BCUT2D eigenvalue weighted by molar-refractivity contribution is 5.38. The maximum Gasteiger partial charge on any atom is 0.127 e.